The molecule has 0 spiro atoms. The molecule has 2 rings (SSSR count). The lowest BCUT2D eigenvalue weighted by molar-refractivity contribution is 0.126. The summed E-state index contributed by atoms with van der Waals surface area (Å²) in [5.41, 5.74) is 2.31. The molecule has 1 heterocycles. The van der Waals surface area contributed by atoms with Crippen molar-refractivity contribution < 1.29 is 5.11 Å². The third-order valence-electron chi connectivity index (χ3n) is 4.23. The van der Waals surface area contributed by atoms with Crippen molar-refractivity contribution in [2.24, 2.45) is 5.92 Å². The minimum absolute atomic E-state index is 0.326. The average molecular weight is 262 g/mol. The Labute approximate surface area is 116 Å². The molecule has 0 bridgehead atoms. The number of hydrogen-bond donors (Lipinski definition) is 2. The summed E-state index contributed by atoms with van der Waals surface area (Å²) < 4.78 is 0. The monoisotopic (exact) mass is 262 g/mol. The minimum Gasteiger partial charge on any atom is -0.508 e. The van der Waals surface area contributed by atoms with Crippen molar-refractivity contribution in [2.45, 2.75) is 33.2 Å². The summed E-state index contributed by atoms with van der Waals surface area (Å²) in [7, 11) is 0. The van der Waals surface area contributed by atoms with E-state index in [0.717, 1.165) is 38.2 Å². The van der Waals surface area contributed by atoms with E-state index in [-0.39, 0.29) is 0 Å². The van der Waals surface area contributed by atoms with Gasteiger partial charge in [0.25, 0.3) is 0 Å². The Hall–Kier alpha value is -1.06. The lowest BCUT2D eigenvalue weighted by Crippen LogP contribution is -2.46. The molecule has 19 heavy (non-hydrogen) atoms. The van der Waals surface area contributed by atoms with Gasteiger partial charge in [0.05, 0.1) is 0 Å². The van der Waals surface area contributed by atoms with Crippen LogP contribution in [0, 0.1) is 12.8 Å². The van der Waals surface area contributed by atoms with Crippen molar-refractivity contribution in [1.82, 2.24) is 10.2 Å². The fraction of sp³-hybridized carbons (Fsp3) is 0.625. The van der Waals surface area contributed by atoms with E-state index in [2.05, 4.69) is 37.1 Å². The molecule has 1 saturated heterocycles. The number of phenolic OH excluding ortho intramolecular Hbond substituents is 1. The maximum Gasteiger partial charge on any atom is 0.120 e. The number of hydrogen-bond acceptors (Lipinski definition) is 3. The van der Waals surface area contributed by atoms with Gasteiger partial charge in [-0.2, -0.15) is 0 Å². The molecule has 106 valence electrons. The van der Waals surface area contributed by atoms with Gasteiger partial charge >= 0.3 is 0 Å². The summed E-state index contributed by atoms with van der Waals surface area (Å²) in [5, 5.41) is 13.6. The molecule has 2 atom stereocenters. The van der Waals surface area contributed by atoms with Gasteiger partial charge in [0.2, 0.25) is 0 Å². The van der Waals surface area contributed by atoms with E-state index in [4.69, 9.17) is 0 Å². The Morgan fingerprint density at radius 3 is 2.63 bits per heavy atom. The first-order valence-electron chi connectivity index (χ1n) is 7.37. The van der Waals surface area contributed by atoms with E-state index in [1.54, 1.807) is 0 Å². The van der Waals surface area contributed by atoms with Crippen molar-refractivity contribution in [3.63, 3.8) is 0 Å². The van der Waals surface area contributed by atoms with Crippen molar-refractivity contribution >= 4 is 0 Å². The zero-order valence-corrected chi connectivity index (χ0v) is 12.3. The second kappa shape index (κ2) is 6.40. The first kappa shape index (κ1) is 14.4. The predicted molar refractivity (Wildman–Crippen MR) is 79.5 cm³/mol. The van der Waals surface area contributed by atoms with E-state index in [1.807, 2.05) is 12.1 Å². The molecule has 1 aliphatic heterocycles. The van der Waals surface area contributed by atoms with E-state index in [0.29, 0.717) is 17.7 Å². The molecule has 0 radical (unpaired) electrons. The summed E-state index contributed by atoms with van der Waals surface area (Å²) in [6.07, 6.45) is 1.13. The van der Waals surface area contributed by atoms with Gasteiger partial charge in [-0.05, 0) is 18.9 Å². The van der Waals surface area contributed by atoms with Crippen LogP contribution in [0.15, 0.2) is 18.2 Å². The highest BCUT2D eigenvalue weighted by atomic mass is 16.3. The first-order chi connectivity index (χ1) is 9.13. The Balaban J connectivity index is 2.33. The normalized spacial score (nSPS) is 20.2. The molecule has 3 nitrogen and oxygen atoms in total. The lowest BCUT2D eigenvalue weighted by Gasteiger charge is -2.38. The maximum atomic E-state index is 10.2. The summed E-state index contributed by atoms with van der Waals surface area (Å²) >= 11 is 0. The van der Waals surface area contributed by atoms with Crippen LogP contribution in [0.3, 0.4) is 0 Å². The van der Waals surface area contributed by atoms with Gasteiger partial charge in [-0.15, -0.1) is 0 Å². The summed E-state index contributed by atoms with van der Waals surface area (Å²) in [4.78, 5) is 2.51. The number of rotatable bonds is 4. The van der Waals surface area contributed by atoms with Crippen LogP contribution in [0.2, 0.25) is 0 Å². The van der Waals surface area contributed by atoms with Gasteiger partial charge < -0.3 is 10.4 Å². The highest BCUT2D eigenvalue weighted by molar-refractivity contribution is 5.38. The average Bonchev–Trinajstić information content (AvgIpc) is 2.44. The number of benzene rings is 1. The molecule has 0 aromatic heterocycles. The molecule has 1 aromatic carbocycles. The van der Waals surface area contributed by atoms with Crippen molar-refractivity contribution in [3.05, 3.63) is 29.3 Å². The van der Waals surface area contributed by atoms with E-state index < -0.39 is 0 Å². The van der Waals surface area contributed by atoms with E-state index in [9.17, 15) is 5.11 Å². The third kappa shape index (κ3) is 3.28. The predicted octanol–water partition coefficient (Wildman–Crippen LogP) is 2.69. The molecular formula is C16H26N2O. The highest BCUT2D eigenvalue weighted by Gasteiger charge is 2.28. The Morgan fingerprint density at radius 1 is 1.32 bits per heavy atom. The number of nitrogens with one attached hydrogen (secondary N) is 1. The van der Waals surface area contributed by atoms with Crippen LogP contribution in [0.5, 0.6) is 5.75 Å². The second-order valence-corrected chi connectivity index (χ2v) is 5.68. The molecule has 0 aliphatic carbocycles. The molecule has 1 unspecified atom stereocenters. The SMILES string of the molecule is CCC(C)[C@H](c1cc(C)ccc1O)N1CCNCC1. The molecule has 1 aromatic rings. The number of phenols is 1. The smallest absolute Gasteiger partial charge is 0.120 e. The van der Waals surface area contributed by atoms with Gasteiger partial charge in [0, 0.05) is 37.8 Å². The van der Waals surface area contributed by atoms with Crippen LogP contribution in [0.1, 0.15) is 37.4 Å². The maximum absolute atomic E-state index is 10.2. The largest absolute Gasteiger partial charge is 0.508 e. The first-order valence-corrected chi connectivity index (χ1v) is 7.37. The van der Waals surface area contributed by atoms with Crippen LogP contribution in [-0.4, -0.2) is 36.2 Å². The molecule has 1 aliphatic rings. The van der Waals surface area contributed by atoms with Crippen LogP contribution in [0.4, 0.5) is 0 Å². The number of aryl methyl sites for hydroxylation is 1. The number of aromatic hydroxyl groups is 1. The molecular weight excluding hydrogens is 236 g/mol. The van der Waals surface area contributed by atoms with Crippen LogP contribution >= 0.6 is 0 Å². The minimum atomic E-state index is 0.326. The zero-order valence-electron chi connectivity index (χ0n) is 12.3. The van der Waals surface area contributed by atoms with Gasteiger partial charge in [-0.3, -0.25) is 4.90 Å². The van der Waals surface area contributed by atoms with Gasteiger partial charge in [-0.1, -0.05) is 38.0 Å². The van der Waals surface area contributed by atoms with Crippen molar-refractivity contribution in [1.29, 1.82) is 0 Å². The van der Waals surface area contributed by atoms with Crippen LogP contribution in [0.25, 0.3) is 0 Å². The Bertz CT molecular complexity index is 413. The van der Waals surface area contributed by atoms with Gasteiger partial charge in [0.15, 0.2) is 0 Å². The van der Waals surface area contributed by atoms with E-state index >= 15 is 0 Å². The fourth-order valence-electron chi connectivity index (χ4n) is 2.96. The lowest BCUT2D eigenvalue weighted by atomic mass is 9.89. The number of nitrogens with zero attached hydrogens (tertiary/aromatic N) is 1. The molecule has 0 saturated carbocycles. The number of piperazine rings is 1. The van der Waals surface area contributed by atoms with Crippen molar-refractivity contribution in [2.75, 3.05) is 26.2 Å². The summed E-state index contributed by atoms with van der Waals surface area (Å²) in [6, 6.07) is 6.28. The standard InChI is InChI=1S/C16H26N2O/c1-4-13(3)16(18-9-7-17-8-10-18)14-11-12(2)5-6-15(14)19/h5-6,11,13,16-17,19H,4,7-10H2,1-3H3/t13?,16-/m1/s1. The van der Waals surface area contributed by atoms with Gasteiger partial charge in [-0.25, -0.2) is 0 Å². The second-order valence-electron chi connectivity index (χ2n) is 5.68. The Kier molecular flexibility index (Phi) is 4.83. The van der Waals surface area contributed by atoms with Crippen LogP contribution in [-0.2, 0) is 0 Å². The quantitative estimate of drug-likeness (QED) is 0.876. The zero-order chi connectivity index (χ0) is 13.8. The molecule has 1 fully saturated rings. The van der Waals surface area contributed by atoms with Crippen LogP contribution < -0.4 is 5.32 Å². The van der Waals surface area contributed by atoms with Crippen molar-refractivity contribution in [3.8, 4) is 5.75 Å². The summed E-state index contributed by atoms with van der Waals surface area (Å²) in [5.74, 6) is 0.986. The highest BCUT2D eigenvalue weighted by Crippen LogP contribution is 2.36. The molecule has 3 heteroatoms. The Morgan fingerprint density at radius 2 is 2.00 bits per heavy atom. The molecule has 0 amide bonds. The van der Waals surface area contributed by atoms with E-state index in [1.165, 1.54) is 5.56 Å². The third-order valence-corrected chi connectivity index (χ3v) is 4.23. The fourth-order valence-corrected chi connectivity index (χ4v) is 2.96. The molecule has 2 N–H and O–H groups in total. The topological polar surface area (TPSA) is 35.5 Å². The van der Waals surface area contributed by atoms with Gasteiger partial charge in [0.1, 0.15) is 5.75 Å². The summed E-state index contributed by atoms with van der Waals surface area (Å²) in [6.45, 7) is 10.8.